The molecule has 6 heterocycles. The van der Waals surface area contributed by atoms with Gasteiger partial charge in [-0.25, -0.2) is 16.8 Å². The molecule has 18 nitrogen and oxygen atoms in total. The summed E-state index contributed by atoms with van der Waals surface area (Å²) in [4.78, 5) is 8.62. The molecule has 2 aromatic carbocycles. The van der Waals surface area contributed by atoms with Crippen molar-refractivity contribution < 1.29 is 45.3 Å². The molecule has 8 rings (SSSR count). The van der Waals surface area contributed by atoms with Crippen LogP contribution in [0.5, 0.6) is 23.0 Å². The number of benzene rings is 2. The Hall–Kier alpha value is -5.38. The molecule has 0 bridgehead atoms. The number of pyridine rings is 2. The van der Waals surface area contributed by atoms with Gasteiger partial charge >= 0.3 is 0 Å². The van der Waals surface area contributed by atoms with E-state index < -0.39 is 30.2 Å². The van der Waals surface area contributed by atoms with Crippen LogP contribution < -0.4 is 18.9 Å². The van der Waals surface area contributed by atoms with Gasteiger partial charge in [0.05, 0.1) is 62.2 Å². The maximum Gasteiger partial charge on any atom is 0.160 e. The molecule has 0 amide bonds. The van der Waals surface area contributed by atoms with Crippen LogP contribution in [0.2, 0.25) is 10.0 Å². The van der Waals surface area contributed by atoms with E-state index in [-0.39, 0.29) is 46.8 Å². The second-order valence-corrected chi connectivity index (χ2v) is 22.8. The van der Waals surface area contributed by atoms with Gasteiger partial charge < -0.3 is 28.4 Å². The third-order valence-electron chi connectivity index (χ3n) is 13.0. The molecule has 0 N–H and O–H groups in total. The van der Waals surface area contributed by atoms with Gasteiger partial charge in [-0.05, 0) is 75.2 Å². The zero-order valence-electron chi connectivity index (χ0n) is 40.3. The van der Waals surface area contributed by atoms with Crippen LogP contribution in [0.1, 0.15) is 98.9 Å². The van der Waals surface area contributed by atoms with Crippen LogP contribution in [0.3, 0.4) is 0 Å². The average molecular weight is 1040 g/mol. The van der Waals surface area contributed by atoms with Crippen LogP contribution in [0.25, 0.3) is 11.4 Å². The Bertz CT molecular complexity index is 2700. The molecule has 22 heteroatoms. The minimum absolute atomic E-state index is 0.0248. The molecule has 2 saturated heterocycles. The van der Waals surface area contributed by atoms with Crippen LogP contribution in [0.15, 0.2) is 73.1 Å². The summed E-state index contributed by atoms with van der Waals surface area (Å²) in [6.45, 7) is 9.24. The second kappa shape index (κ2) is 22.8. The number of aromatic nitrogens is 8. The topological polar surface area (TPSA) is 211 Å². The van der Waals surface area contributed by atoms with Gasteiger partial charge in [0.25, 0.3) is 0 Å². The minimum Gasteiger partial charge on any atom is -0.494 e. The van der Waals surface area contributed by atoms with E-state index in [1.165, 1.54) is 12.4 Å². The standard InChI is InChI=1S/2C24H29ClN4O5S/c2*1-15(19-9-8-18(25)12-26-19)16(2)35(30,31)14-22-27-28-24(17-10-11-34-13-17)29(22)23-20(32-3)6-5-7-21(23)33-4/h2*5-9,12,15-17H,10-11,13-14H2,1-4H3/t15-,16-,17?;15-,16-,17+/m00/s1. The van der Waals surface area contributed by atoms with Gasteiger partial charge in [-0.15, -0.1) is 20.4 Å². The smallest absolute Gasteiger partial charge is 0.160 e. The number of rotatable bonds is 18. The Labute approximate surface area is 418 Å². The van der Waals surface area contributed by atoms with Gasteiger partial charge in [0, 0.05) is 60.7 Å². The Morgan fingerprint density at radius 2 is 0.929 bits per heavy atom. The fourth-order valence-corrected chi connectivity index (χ4v) is 11.8. The van der Waals surface area contributed by atoms with E-state index in [2.05, 4.69) is 30.4 Å². The summed E-state index contributed by atoms with van der Waals surface area (Å²) >= 11 is 11.9. The average Bonchev–Trinajstić information content (AvgIpc) is 4.22. The van der Waals surface area contributed by atoms with Crippen LogP contribution in [-0.4, -0.2) is 122 Å². The highest BCUT2D eigenvalue weighted by Gasteiger charge is 2.36. The molecule has 0 spiro atoms. The van der Waals surface area contributed by atoms with Gasteiger partial charge in [-0.2, -0.15) is 0 Å². The number of para-hydroxylation sites is 2. The molecular weight excluding hydrogens is 984 g/mol. The highest BCUT2D eigenvalue weighted by molar-refractivity contribution is 7.91. The number of methoxy groups -OCH3 is 4. The monoisotopic (exact) mass is 1040 g/mol. The van der Waals surface area contributed by atoms with Crippen LogP contribution in [0, 0.1) is 0 Å². The fourth-order valence-electron chi connectivity index (χ4n) is 8.48. The second-order valence-electron chi connectivity index (χ2n) is 17.2. The predicted molar refractivity (Wildman–Crippen MR) is 265 cm³/mol. The van der Waals surface area contributed by atoms with Crippen molar-refractivity contribution >= 4 is 42.9 Å². The lowest BCUT2D eigenvalue weighted by atomic mass is 10.0. The summed E-state index contributed by atoms with van der Waals surface area (Å²) in [6, 6.07) is 17.7. The summed E-state index contributed by atoms with van der Waals surface area (Å²) in [5.74, 6) is 2.54. The number of hydrogen-bond donors (Lipinski definition) is 0. The van der Waals surface area contributed by atoms with Gasteiger partial charge in [-0.3, -0.25) is 19.1 Å². The quantitative estimate of drug-likeness (QED) is 0.0801. The van der Waals surface area contributed by atoms with E-state index in [4.69, 9.17) is 51.6 Å². The normalized spacial score (nSPS) is 17.8. The highest BCUT2D eigenvalue weighted by atomic mass is 35.5. The molecule has 0 radical (unpaired) electrons. The van der Waals surface area contributed by atoms with Crippen molar-refractivity contribution in [2.75, 3.05) is 54.9 Å². The first-order valence-electron chi connectivity index (χ1n) is 22.7. The molecule has 4 aromatic heterocycles. The molecular formula is C48H58Cl2N8O10S2. The van der Waals surface area contributed by atoms with Gasteiger partial charge in [-0.1, -0.05) is 49.2 Å². The molecule has 6 aromatic rings. The number of nitrogens with zero attached hydrogens (tertiary/aromatic N) is 8. The highest BCUT2D eigenvalue weighted by Crippen LogP contribution is 2.40. The summed E-state index contributed by atoms with van der Waals surface area (Å²) in [5.41, 5.74) is 2.44. The summed E-state index contributed by atoms with van der Waals surface area (Å²) in [5, 5.41) is 17.0. The molecule has 0 aliphatic carbocycles. The van der Waals surface area contributed by atoms with Crippen LogP contribution >= 0.6 is 23.2 Å². The molecule has 2 fully saturated rings. The summed E-state index contributed by atoms with van der Waals surface area (Å²) in [7, 11) is -1.10. The third kappa shape index (κ3) is 11.4. The van der Waals surface area contributed by atoms with E-state index >= 15 is 0 Å². The Kier molecular flexibility index (Phi) is 17.1. The molecule has 70 heavy (non-hydrogen) atoms. The molecule has 6 atom stereocenters. The van der Waals surface area contributed by atoms with Gasteiger partial charge in [0.15, 0.2) is 31.3 Å². The lowest BCUT2D eigenvalue weighted by Crippen LogP contribution is -2.27. The maximum atomic E-state index is 13.6. The van der Waals surface area contributed by atoms with E-state index in [1.807, 2.05) is 26.0 Å². The van der Waals surface area contributed by atoms with Gasteiger partial charge in [0.2, 0.25) is 0 Å². The van der Waals surface area contributed by atoms with Crippen LogP contribution in [0.4, 0.5) is 0 Å². The lowest BCUT2D eigenvalue weighted by molar-refractivity contribution is 0.193. The Morgan fingerprint density at radius 1 is 0.571 bits per heavy atom. The zero-order chi connectivity index (χ0) is 50.3. The number of halogens is 2. The number of sulfone groups is 2. The lowest BCUT2D eigenvalue weighted by Gasteiger charge is -2.21. The number of hydrogen-bond acceptors (Lipinski definition) is 16. The van der Waals surface area contributed by atoms with E-state index in [0.717, 1.165) is 12.8 Å². The van der Waals surface area contributed by atoms with E-state index in [0.29, 0.717) is 93.9 Å². The van der Waals surface area contributed by atoms with Crippen molar-refractivity contribution in [2.45, 2.75) is 86.2 Å². The maximum absolute atomic E-state index is 13.6. The van der Waals surface area contributed by atoms with E-state index in [9.17, 15) is 16.8 Å². The summed E-state index contributed by atoms with van der Waals surface area (Å²) in [6.07, 6.45) is 4.57. The molecule has 2 aliphatic rings. The van der Waals surface area contributed by atoms with Crippen molar-refractivity contribution in [2.24, 2.45) is 0 Å². The SMILES string of the molecule is COc1cccc(OC)c1-n1c(CS(=O)(=O)[C@@H](C)[C@H](C)c2ccc(Cl)cn2)nnc1C1CCOC1.COc1cccc(OC)c1-n1c(CS(=O)(=O)[C@@H](C)[C@H](C)c2ccc(Cl)cn2)nnc1[C@@H]1CCOC1. The predicted octanol–water partition coefficient (Wildman–Crippen LogP) is 7.89. The molecule has 1 unspecified atom stereocenters. The largest absolute Gasteiger partial charge is 0.494 e. The summed E-state index contributed by atoms with van der Waals surface area (Å²) < 4.78 is 91.4. The Morgan fingerprint density at radius 3 is 1.21 bits per heavy atom. The van der Waals surface area contributed by atoms with Crippen molar-refractivity contribution in [1.82, 2.24) is 39.5 Å². The molecule has 2 aliphatic heterocycles. The first-order chi connectivity index (χ1) is 33.5. The number of ether oxygens (including phenoxy) is 6. The van der Waals surface area contributed by atoms with Crippen molar-refractivity contribution in [3.63, 3.8) is 0 Å². The fraction of sp³-hybridized carbons (Fsp3) is 0.458. The van der Waals surface area contributed by atoms with E-state index in [1.54, 1.807) is 100.0 Å². The zero-order valence-corrected chi connectivity index (χ0v) is 43.4. The Balaban J connectivity index is 0.000000206. The first kappa shape index (κ1) is 52.4. The van der Waals surface area contributed by atoms with Gasteiger partial charge in [0.1, 0.15) is 57.5 Å². The van der Waals surface area contributed by atoms with Crippen molar-refractivity contribution in [1.29, 1.82) is 0 Å². The first-order valence-corrected chi connectivity index (χ1v) is 26.8. The molecule has 0 saturated carbocycles. The van der Waals surface area contributed by atoms with Crippen molar-refractivity contribution in [3.8, 4) is 34.4 Å². The van der Waals surface area contributed by atoms with Crippen molar-refractivity contribution in [3.05, 3.63) is 118 Å². The van der Waals surface area contributed by atoms with Crippen LogP contribution in [-0.2, 0) is 40.7 Å². The minimum atomic E-state index is -3.66. The third-order valence-corrected chi connectivity index (χ3v) is 17.8. The molecule has 376 valence electrons.